The van der Waals surface area contributed by atoms with E-state index in [2.05, 4.69) is 4.98 Å². The predicted molar refractivity (Wildman–Crippen MR) is 57.0 cm³/mol. The number of nitrogens with zero attached hydrogens (tertiary/aromatic N) is 3. The molecule has 0 saturated heterocycles. The number of pyridine rings is 1. The van der Waals surface area contributed by atoms with Gasteiger partial charge in [-0.1, -0.05) is 0 Å². The zero-order valence-electron chi connectivity index (χ0n) is 8.81. The van der Waals surface area contributed by atoms with Crippen LogP contribution in [0, 0.1) is 6.92 Å². The maximum absolute atomic E-state index is 11.8. The topological polar surface area (TPSA) is 56.9 Å². The van der Waals surface area contributed by atoms with Crippen LogP contribution in [0.1, 0.15) is 5.69 Å². The fourth-order valence-electron chi connectivity index (χ4n) is 1.68. The summed E-state index contributed by atoms with van der Waals surface area (Å²) in [5, 5.41) is 0.502. The van der Waals surface area contributed by atoms with E-state index < -0.39 is 0 Å². The van der Waals surface area contributed by atoms with Crippen molar-refractivity contribution in [1.29, 1.82) is 0 Å². The first-order valence-electron chi connectivity index (χ1n) is 4.55. The third-order valence-corrected chi connectivity index (χ3v) is 2.57. The molecule has 2 aromatic rings. The Labute approximate surface area is 85.6 Å². The van der Waals surface area contributed by atoms with Gasteiger partial charge in [-0.25, -0.2) is 4.79 Å². The molecule has 0 spiro atoms. The van der Waals surface area contributed by atoms with Gasteiger partial charge in [0, 0.05) is 20.3 Å². The summed E-state index contributed by atoms with van der Waals surface area (Å²) in [6, 6.07) is 1.67. The quantitative estimate of drug-likeness (QED) is 0.605. The van der Waals surface area contributed by atoms with E-state index in [1.54, 1.807) is 26.2 Å². The Bertz CT molecular complexity index is 652. The zero-order chi connectivity index (χ0) is 11.2. The lowest BCUT2D eigenvalue weighted by Gasteiger charge is -2.07. The van der Waals surface area contributed by atoms with Gasteiger partial charge in [0.15, 0.2) is 0 Å². The van der Waals surface area contributed by atoms with Gasteiger partial charge in [0.25, 0.3) is 5.56 Å². The minimum absolute atomic E-state index is 0.293. The molecule has 0 aliphatic heterocycles. The highest BCUT2D eigenvalue weighted by Crippen LogP contribution is 2.08. The van der Waals surface area contributed by atoms with Gasteiger partial charge in [-0.2, -0.15) is 0 Å². The maximum atomic E-state index is 11.8. The Balaban J connectivity index is 3.23. The number of hydrogen-bond donors (Lipinski definition) is 0. The Morgan fingerprint density at radius 1 is 1.20 bits per heavy atom. The Morgan fingerprint density at radius 2 is 1.87 bits per heavy atom. The molecular weight excluding hydrogens is 194 g/mol. The molecule has 5 nitrogen and oxygen atoms in total. The van der Waals surface area contributed by atoms with Crippen molar-refractivity contribution >= 4 is 10.9 Å². The summed E-state index contributed by atoms with van der Waals surface area (Å²) in [5.74, 6) is 0. The molecule has 78 valence electrons. The van der Waals surface area contributed by atoms with Crippen LogP contribution in [0.5, 0.6) is 0 Å². The van der Waals surface area contributed by atoms with Crippen LogP contribution in [0.25, 0.3) is 10.9 Å². The molecule has 15 heavy (non-hydrogen) atoms. The van der Waals surface area contributed by atoms with Gasteiger partial charge >= 0.3 is 5.69 Å². The summed E-state index contributed by atoms with van der Waals surface area (Å²) in [7, 11) is 3.11. The van der Waals surface area contributed by atoms with Crippen LogP contribution in [0.15, 0.2) is 21.9 Å². The average molecular weight is 205 g/mol. The van der Waals surface area contributed by atoms with Gasteiger partial charge in [-0.3, -0.25) is 18.9 Å². The maximum Gasteiger partial charge on any atom is 0.330 e. The van der Waals surface area contributed by atoms with Gasteiger partial charge in [0.2, 0.25) is 0 Å². The van der Waals surface area contributed by atoms with Crippen molar-refractivity contribution in [1.82, 2.24) is 14.1 Å². The largest absolute Gasteiger partial charge is 0.330 e. The van der Waals surface area contributed by atoms with E-state index in [0.29, 0.717) is 16.6 Å². The lowest BCUT2D eigenvalue weighted by molar-refractivity contribution is 0.712. The highest BCUT2D eigenvalue weighted by Gasteiger charge is 2.09. The van der Waals surface area contributed by atoms with Crippen molar-refractivity contribution in [3.8, 4) is 0 Å². The molecule has 0 bridgehead atoms. The van der Waals surface area contributed by atoms with E-state index in [1.165, 1.54) is 11.6 Å². The molecule has 0 unspecified atom stereocenters. The molecule has 0 atom stereocenters. The molecule has 0 saturated carbocycles. The number of aryl methyl sites for hydroxylation is 2. The van der Waals surface area contributed by atoms with Crippen LogP contribution in [0.4, 0.5) is 0 Å². The SMILES string of the molecule is Cc1nccc2c1c(=O)n(C)c(=O)n2C. The van der Waals surface area contributed by atoms with E-state index in [0.717, 1.165) is 4.57 Å². The Morgan fingerprint density at radius 3 is 2.53 bits per heavy atom. The molecule has 0 fully saturated rings. The minimum atomic E-state index is -0.321. The average Bonchev–Trinajstić information content (AvgIpc) is 2.23. The van der Waals surface area contributed by atoms with Crippen LogP contribution < -0.4 is 11.2 Å². The van der Waals surface area contributed by atoms with Crippen LogP contribution in [-0.2, 0) is 14.1 Å². The number of rotatable bonds is 0. The molecule has 0 N–H and O–H groups in total. The van der Waals surface area contributed by atoms with Crippen molar-refractivity contribution in [2.45, 2.75) is 6.92 Å². The van der Waals surface area contributed by atoms with Crippen molar-refractivity contribution in [2.75, 3.05) is 0 Å². The second-order valence-electron chi connectivity index (χ2n) is 3.50. The number of fused-ring (bicyclic) bond motifs is 1. The summed E-state index contributed by atoms with van der Waals surface area (Å²) in [6.45, 7) is 1.76. The van der Waals surface area contributed by atoms with Crippen LogP contribution >= 0.6 is 0 Å². The number of hydrogen-bond acceptors (Lipinski definition) is 3. The summed E-state index contributed by atoms with van der Waals surface area (Å²) in [6.07, 6.45) is 1.59. The van der Waals surface area contributed by atoms with Crippen molar-refractivity contribution < 1.29 is 0 Å². The molecule has 0 aliphatic rings. The van der Waals surface area contributed by atoms with Gasteiger partial charge in [0.05, 0.1) is 16.6 Å². The zero-order valence-corrected chi connectivity index (χ0v) is 8.81. The molecule has 5 heteroatoms. The molecule has 0 amide bonds. The molecule has 0 aliphatic carbocycles. The fourth-order valence-corrected chi connectivity index (χ4v) is 1.68. The van der Waals surface area contributed by atoms with Gasteiger partial charge in [-0.15, -0.1) is 0 Å². The van der Waals surface area contributed by atoms with Crippen LogP contribution in [0.3, 0.4) is 0 Å². The minimum Gasteiger partial charge on any atom is -0.296 e. The van der Waals surface area contributed by atoms with Crippen molar-refractivity contribution in [3.63, 3.8) is 0 Å². The highest BCUT2D eigenvalue weighted by molar-refractivity contribution is 5.79. The standard InChI is InChI=1S/C10H11N3O2/c1-6-8-7(4-5-11-6)12(2)10(15)13(3)9(8)14/h4-5H,1-3H3. The lowest BCUT2D eigenvalue weighted by atomic mass is 10.2. The molecule has 2 rings (SSSR count). The predicted octanol–water partition coefficient (Wildman–Crippen LogP) is -0.0594. The highest BCUT2D eigenvalue weighted by atomic mass is 16.2. The molecule has 2 aromatic heterocycles. The molecule has 2 heterocycles. The normalized spacial score (nSPS) is 10.9. The first kappa shape index (κ1) is 9.64. The van der Waals surface area contributed by atoms with E-state index in [-0.39, 0.29) is 11.2 Å². The Hall–Kier alpha value is -1.91. The van der Waals surface area contributed by atoms with Crippen LogP contribution in [0.2, 0.25) is 0 Å². The van der Waals surface area contributed by atoms with Crippen LogP contribution in [-0.4, -0.2) is 14.1 Å². The van der Waals surface area contributed by atoms with Gasteiger partial charge in [-0.05, 0) is 13.0 Å². The van der Waals surface area contributed by atoms with Gasteiger partial charge < -0.3 is 0 Å². The summed E-state index contributed by atoms with van der Waals surface area (Å²) < 4.78 is 2.54. The third kappa shape index (κ3) is 1.20. The van der Waals surface area contributed by atoms with E-state index in [9.17, 15) is 9.59 Å². The van der Waals surface area contributed by atoms with E-state index in [1.807, 2.05) is 0 Å². The lowest BCUT2D eigenvalue weighted by Crippen LogP contribution is -2.37. The molecular formula is C10H11N3O2. The summed E-state index contributed by atoms with van der Waals surface area (Å²) >= 11 is 0. The smallest absolute Gasteiger partial charge is 0.296 e. The van der Waals surface area contributed by atoms with Crippen molar-refractivity contribution in [2.24, 2.45) is 14.1 Å². The molecule has 0 radical (unpaired) electrons. The first-order chi connectivity index (χ1) is 7.04. The summed E-state index contributed by atoms with van der Waals surface area (Å²) in [5.41, 5.74) is 0.649. The second-order valence-corrected chi connectivity index (χ2v) is 3.50. The van der Waals surface area contributed by atoms with E-state index >= 15 is 0 Å². The fraction of sp³-hybridized carbons (Fsp3) is 0.300. The number of aromatic nitrogens is 3. The van der Waals surface area contributed by atoms with Gasteiger partial charge in [0.1, 0.15) is 0 Å². The first-order valence-corrected chi connectivity index (χ1v) is 4.55. The van der Waals surface area contributed by atoms with E-state index in [4.69, 9.17) is 0 Å². The third-order valence-electron chi connectivity index (χ3n) is 2.57. The summed E-state index contributed by atoms with van der Waals surface area (Å²) in [4.78, 5) is 27.5. The monoisotopic (exact) mass is 205 g/mol. The van der Waals surface area contributed by atoms with Crippen molar-refractivity contribution in [3.05, 3.63) is 38.8 Å². The molecule has 0 aromatic carbocycles. The second kappa shape index (κ2) is 3.05. The Kier molecular flexibility index (Phi) is 1.96.